The van der Waals surface area contributed by atoms with Crippen LogP contribution in [0.3, 0.4) is 0 Å². The molecule has 0 aromatic rings. The van der Waals surface area contributed by atoms with Crippen molar-refractivity contribution in [3.8, 4) is 0 Å². The number of hydrogen-bond acceptors (Lipinski definition) is 3. The molecular weight excluding hydrogens is 232 g/mol. The van der Waals surface area contributed by atoms with E-state index < -0.39 is 0 Å². The van der Waals surface area contributed by atoms with Gasteiger partial charge in [-0.2, -0.15) is 0 Å². The summed E-state index contributed by atoms with van der Waals surface area (Å²) in [4.78, 5) is 24.6. The van der Waals surface area contributed by atoms with Crippen LogP contribution in [0.1, 0.15) is 45.4 Å². The van der Waals surface area contributed by atoms with E-state index in [1.807, 2.05) is 0 Å². The van der Waals surface area contributed by atoms with Gasteiger partial charge in [-0.3, -0.25) is 4.79 Å². The summed E-state index contributed by atoms with van der Waals surface area (Å²) in [5, 5.41) is 2.84. The van der Waals surface area contributed by atoms with Gasteiger partial charge in [0.05, 0.1) is 0 Å². The Balaban J connectivity index is 1.74. The monoisotopic (exact) mass is 254 g/mol. The van der Waals surface area contributed by atoms with E-state index in [2.05, 4.69) is 5.32 Å². The number of ether oxygens (including phenoxy) is 1. The number of likely N-dealkylation sites (tertiary alicyclic amines) is 1. The number of nitrogens with one attached hydrogen (secondary N) is 1. The minimum Gasteiger partial charge on any atom is -0.446 e. The zero-order valence-electron chi connectivity index (χ0n) is 11.0. The fraction of sp³-hybridized carbons (Fsp3) is 0.846. The SMILES string of the molecule is CC(=O)N[C@H]1CCN(C(=O)OC2CCCCC2)C1. The van der Waals surface area contributed by atoms with Crippen LogP contribution >= 0.6 is 0 Å². The molecule has 1 atom stereocenters. The van der Waals surface area contributed by atoms with Gasteiger partial charge in [-0.25, -0.2) is 4.79 Å². The Bertz CT molecular complexity index is 313. The van der Waals surface area contributed by atoms with E-state index in [0.717, 1.165) is 32.1 Å². The summed E-state index contributed by atoms with van der Waals surface area (Å²) in [6.45, 7) is 2.75. The standard InChI is InChI=1S/C13H22N2O3/c1-10(16)14-11-7-8-15(9-11)13(17)18-12-5-3-2-4-6-12/h11-12H,2-9H2,1H3,(H,14,16)/t11-/m0/s1. The first-order valence-electron chi connectivity index (χ1n) is 6.88. The van der Waals surface area contributed by atoms with Crippen molar-refractivity contribution in [2.24, 2.45) is 0 Å². The lowest BCUT2D eigenvalue weighted by Gasteiger charge is -2.25. The van der Waals surface area contributed by atoms with Crippen molar-refractivity contribution < 1.29 is 14.3 Å². The van der Waals surface area contributed by atoms with E-state index >= 15 is 0 Å². The maximum absolute atomic E-state index is 11.9. The van der Waals surface area contributed by atoms with Gasteiger partial charge in [0.15, 0.2) is 0 Å². The Morgan fingerprint density at radius 2 is 1.89 bits per heavy atom. The van der Waals surface area contributed by atoms with Crippen LogP contribution in [0.15, 0.2) is 0 Å². The molecule has 0 spiro atoms. The maximum atomic E-state index is 11.9. The second-order valence-corrected chi connectivity index (χ2v) is 5.28. The van der Waals surface area contributed by atoms with Gasteiger partial charge in [0.2, 0.25) is 5.91 Å². The average Bonchev–Trinajstić information content (AvgIpc) is 2.78. The smallest absolute Gasteiger partial charge is 0.410 e. The van der Waals surface area contributed by atoms with Crippen molar-refractivity contribution in [2.75, 3.05) is 13.1 Å². The normalized spacial score (nSPS) is 24.9. The highest BCUT2D eigenvalue weighted by Crippen LogP contribution is 2.21. The van der Waals surface area contributed by atoms with Gasteiger partial charge in [0.25, 0.3) is 0 Å². The topological polar surface area (TPSA) is 58.6 Å². The van der Waals surface area contributed by atoms with Crippen LogP contribution in [0.4, 0.5) is 4.79 Å². The van der Waals surface area contributed by atoms with Crippen LogP contribution in [0, 0.1) is 0 Å². The van der Waals surface area contributed by atoms with Gasteiger partial charge in [-0.15, -0.1) is 0 Å². The fourth-order valence-corrected chi connectivity index (χ4v) is 2.73. The average molecular weight is 254 g/mol. The Labute approximate surface area is 108 Å². The van der Waals surface area contributed by atoms with Crippen molar-refractivity contribution in [1.29, 1.82) is 0 Å². The van der Waals surface area contributed by atoms with Crippen LogP contribution < -0.4 is 5.32 Å². The molecule has 1 saturated carbocycles. The molecule has 0 radical (unpaired) electrons. The van der Waals surface area contributed by atoms with Crippen molar-refractivity contribution >= 4 is 12.0 Å². The molecule has 2 aliphatic rings. The molecule has 2 rings (SSSR count). The summed E-state index contributed by atoms with van der Waals surface area (Å²) < 4.78 is 5.50. The van der Waals surface area contributed by atoms with Crippen LogP contribution in [-0.2, 0) is 9.53 Å². The highest BCUT2D eigenvalue weighted by molar-refractivity contribution is 5.73. The lowest BCUT2D eigenvalue weighted by molar-refractivity contribution is -0.119. The molecule has 0 aromatic carbocycles. The molecule has 5 heteroatoms. The van der Waals surface area contributed by atoms with Crippen molar-refractivity contribution in [2.45, 2.75) is 57.6 Å². The van der Waals surface area contributed by atoms with Gasteiger partial charge in [-0.05, 0) is 32.1 Å². The van der Waals surface area contributed by atoms with Crippen molar-refractivity contribution in [3.63, 3.8) is 0 Å². The lowest BCUT2D eigenvalue weighted by Crippen LogP contribution is -2.38. The molecule has 1 heterocycles. The molecule has 102 valence electrons. The molecule has 1 N–H and O–H groups in total. The van der Waals surface area contributed by atoms with Crippen LogP contribution in [0.2, 0.25) is 0 Å². The number of rotatable bonds is 2. The zero-order chi connectivity index (χ0) is 13.0. The second kappa shape index (κ2) is 6.07. The fourth-order valence-electron chi connectivity index (χ4n) is 2.73. The third-order valence-corrected chi connectivity index (χ3v) is 3.67. The summed E-state index contributed by atoms with van der Waals surface area (Å²) in [6.07, 6.45) is 6.27. The first-order valence-corrected chi connectivity index (χ1v) is 6.88. The molecule has 1 aliphatic carbocycles. The summed E-state index contributed by atoms with van der Waals surface area (Å²) in [6, 6.07) is 0.0846. The highest BCUT2D eigenvalue weighted by Gasteiger charge is 2.29. The van der Waals surface area contributed by atoms with E-state index in [1.54, 1.807) is 4.90 Å². The minimum atomic E-state index is -0.213. The van der Waals surface area contributed by atoms with Crippen molar-refractivity contribution in [3.05, 3.63) is 0 Å². The summed E-state index contributed by atoms with van der Waals surface area (Å²) in [5.74, 6) is -0.0394. The van der Waals surface area contributed by atoms with Crippen LogP contribution in [0.5, 0.6) is 0 Å². The third-order valence-electron chi connectivity index (χ3n) is 3.67. The molecule has 2 fully saturated rings. The van der Waals surface area contributed by atoms with Gasteiger partial charge in [-0.1, -0.05) is 6.42 Å². The number of nitrogens with zero attached hydrogens (tertiary/aromatic N) is 1. The first-order chi connectivity index (χ1) is 8.65. The zero-order valence-corrected chi connectivity index (χ0v) is 11.0. The number of carbonyl (C=O) groups is 2. The summed E-state index contributed by atoms with van der Waals surface area (Å²) in [7, 11) is 0. The molecule has 1 saturated heterocycles. The molecule has 5 nitrogen and oxygen atoms in total. The maximum Gasteiger partial charge on any atom is 0.410 e. The Morgan fingerprint density at radius 1 is 1.17 bits per heavy atom. The highest BCUT2D eigenvalue weighted by atomic mass is 16.6. The molecule has 0 bridgehead atoms. The van der Waals surface area contributed by atoms with Crippen LogP contribution in [0.25, 0.3) is 0 Å². The predicted molar refractivity (Wildman–Crippen MR) is 67.1 cm³/mol. The van der Waals surface area contributed by atoms with E-state index in [1.165, 1.54) is 13.3 Å². The van der Waals surface area contributed by atoms with Crippen LogP contribution in [-0.4, -0.2) is 42.1 Å². The van der Waals surface area contributed by atoms with Gasteiger partial charge >= 0.3 is 6.09 Å². The summed E-state index contributed by atoms with van der Waals surface area (Å²) >= 11 is 0. The molecular formula is C13H22N2O3. The molecule has 18 heavy (non-hydrogen) atoms. The van der Waals surface area contributed by atoms with E-state index in [-0.39, 0.29) is 24.1 Å². The second-order valence-electron chi connectivity index (χ2n) is 5.28. The van der Waals surface area contributed by atoms with E-state index in [0.29, 0.717) is 13.1 Å². The lowest BCUT2D eigenvalue weighted by atomic mass is 9.98. The molecule has 0 unspecified atom stereocenters. The molecule has 0 aromatic heterocycles. The van der Waals surface area contributed by atoms with Crippen molar-refractivity contribution in [1.82, 2.24) is 10.2 Å². The van der Waals surface area contributed by atoms with E-state index in [4.69, 9.17) is 4.74 Å². The Hall–Kier alpha value is -1.26. The number of amides is 2. The first kappa shape index (κ1) is 13.2. The number of carbonyl (C=O) groups excluding carboxylic acids is 2. The summed E-state index contributed by atoms with van der Waals surface area (Å²) in [5.41, 5.74) is 0. The van der Waals surface area contributed by atoms with Gasteiger partial charge < -0.3 is 15.0 Å². The quantitative estimate of drug-likeness (QED) is 0.815. The molecule has 1 aliphatic heterocycles. The van der Waals surface area contributed by atoms with E-state index in [9.17, 15) is 9.59 Å². The Morgan fingerprint density at radius 3 is 2.56 bits per heavy atom. The molecule has 2 amide bonds. The Kier molecular flexibility index (Phi) is 4.44. The predicted octanol–water partition coefficient (Wildman–Crippen LogP) is 1.67. The number of hydrogen-bond donors (Lipinski definition) is 1. The van der Waals surface area contributed by atoms with Gasteiger partial charge in [0.1, 0.15) is 6.10 Å². The minimum absolute atomic E-state index is 0.0394. The van der Waals surface area contributed by atoms with Gasteiger partial charge in [0, 0.05) is 26.1 Å². The largest absolute Gasteiger partial charge is 0.446 e. The third kappa shape index (κ3) is 3.62.